The Kier molecular flexibility index (Phi) is 3.86. The van der Waals surface area contributed by atoms with Crippen LogP contribution in [-0.4, -0.2) is 50.0 Å². The molecular weight excluding hydrogens is 298 g/mol. The molecule has 0 aromatic carbocycles. The summed E-state index contributed by atoms with van der Waals surface area (Å²) in [5, 5.41) is 9.23. The van der Waals surface area contributed by atoms with Crippen LogP contribution in [0.5, 0.6) is 0 Å². The maximum Gasteiger partial charge on any atom is 0.440 e. The van der Waals surface area contributed by atoms with Crippen LogP contribution >= 0.6 is 0 Å². The second-order valence-corrected chi connectivity index (χ2v) is 6.01. The van der Waals surface area contributed by atoms with Crippen LogP contribution < -0.4 is 11.4 Å². The number of rotatable bonds is 2. The van der Waals surface area contributed by atoms with Crippen LogP contribution in [0.25, 0.3) is 0 Å². The number of nitrogens with one attached hydrogen (secondary N) is 1. The van der Waals surface area contributed by atoms with Gasteiger partial charge in [0.15, 0.2) is 0 Å². The van der Waals surface area contributed by atoms with E-state index in [4.69, 9.17) is 4.74 Å². The molecule has 10 nitrogen and oxygen atoms in total. The van der Waals surface area contributed by atoms with Gasteiger partial charge < -0.3 is 14.4 Å². The molecule has 22 heavy (non-hydrogen) atoms. The number of aromatic nitrogens is 2. The number of carboxylic acids is 1. The van der Waals surface area contributed by atoms with Crippen molar-refractivity contribution in [2.75, 3.05) is 6.54 Å². The first-order chi connectivity index (χ1) is 10.1. The van der Waals surface area contributed by atoms with Crippen LogP contribution in [0.3, 0.4) is 0 Å². The monoisotopic (exact) mass is 315 g/mol. The molecule has 0 unspecified atom stereocenters. The standard InChI is InChI=1S/C12H17N3O7/c1-12(2,3)21-11(20)14-5-6(4-7(14)8(16)17)15-9(18)13-10(19)22-15/h6-7H,4-5H2,1-3H3,(H,16,17)(H,13,18,19)/t6-,7+/m1/s1. The average molecular weight is 315 g/mol. The van der Waals surface area contributed by atoms with Gasteiger partial charge in [-0.1, -0.05) is 0 Å². The summed E-state index contributed by atoms with van der Waals surface area (Å²) in [6.07, 6.45) is -0.858. The highest BCUT2D eigenvalue weighted by Gasteiger charge is 2.43. The van der Waals surface area contributed by atoms with E-state index in [1.54, 1.807) is 20.8 Å². The van der Waals surface area contributed by atoms with Gasteiger partial charge in [-0.3, -0.25) is 4.90 Å². The number of carboxylic acid groups (broad SMARTS) is 1. The molecule has 1 aromatic heterocycles. The van der Waals surface area contributed by atoms with Crippen molar-refractivity contribution in [3.63, 3.8) is 0 Å². The van der Waals surface area contributed by atoms with Crippen LogP contribution in [0, 0.1) is 0 Å². The normalized spacial score (nSPS) is 21.9. The number of hydrogen-bond acceptors (Lipinski definition) is 6. The van der Waals surface area contributed by atoms with E-state index in [1.807, 2.05) is 4.98 Å². The Morgan fingerprint density at radius 3 is 2.45 bits per heavy atom. The number of aliphatic carboxylic acids is 1. The van der Waals surface area contributed by atoms with Gasteiger partial charge in [0.25, 0.3) is 0 Å². The summed E-state index contributed by atoms with van der Waals surface area (Å²) in [7, 11) is 0. The van der Waals surface area contributed by atoms with Gasteiger partial charge in [0.1, 0.15) is 11.6 Å². The van der Waals surface area contributed by atoms with Crippen molar-refractivity contribution >= 4 is 12.1 Å². The molecule has 10 heteroatoms. The van der Waals surface area contributed by atoms with Crippen molar-refractivity contribution in [2.45, 2.75) is 44.9 Å². The highest BCUT2D eigenvalue weighted by molar-refractivity contribution is 5.81. The predicted octanol–water partition coefficient (Wildman–Crippen LogP) is -0.235. The Bertz CT molecular complexity index is 693. The molecule has 1 aromatic rings. The summed E-state index contributed by atoms with van der Waals surface area (Å²) < 4.78 is 10.6. The number of nitrogens with zero attached hydrogens (tertiary/aromatic N) is 2. The maximum atomic E-state index is 12.1. The quantitative estimate of drug-likeness (QED) is 0.769. The van der Waals surface area contributed by atoms with Gasteiger partial charge in [0, 0.05) is 13.0 Å². The molecule has 0 bridgehead atoms. The highest BCUT2D eigenvalue weighted by atomic mass is 16.6. The number of carbonyl (C=O) groups excluding carboxylic acids is 1. The minimum atomic E-state index is -1.22. The average Bonchev–Trinajstić information content (AvgIpc) is 2.90. The third-order valence-corrected chi connectivity index (χ3v) is 3.11. The van der Waals surface area contributed by atoms with Crippen LogP contribution in [0.4, 0.5) is 4.79 Å². The molecule has 1 aliphatic rings. The number of H-pyrrole nitrogens is 1. The predicted molar refractivity (Wildman–Crippen MR) is 71.6 cm³/mol. The lowest BCUT2D eigenvalue weighted by molar-refractivity contribution is -0.142. The second-order valence-electron chi connectivity index (χ2n) is 6.01. The molecule has 2 N–H and O–H groups in total. The first-order valence-electron chi connectivity index (χ1n) is 6.63. The summed E-state index contributed by atoms with van der Waals surface area (Å²) in [6, 6.07) is -1.91. The van der Waals surface area contributed by atoms with E-state index in [0.29, 0.717) is 0 Å². The van der Waals surface area contributed by atoms with E-state index in [0.717, 1.165) is 9.64 Å². The molecule has 2 rings (SSSR count). The fourth-order valence-electron chi connectivity index (χ4n) is 2.28. The summed E-state index contributed by atoms with van der Waals surface area (Å²) in [6.45, 7) is 4.87. The van der Waals surface area contributed by atoms with E-state index in [2.05, 4.69) is 4.52 Å². The van der Waals surface area contributed by atoms with E-state index >= 15 is 0 Å². The number of carbonyl (C=O) groups is 2. The smallest absolute Gasteiger partial charge is 0.440 e. The topological polar surface area (TPSA) is 135 Å². The van der Waals surface area contributed by atoms with Crippen molar-refractivity contribution in [3.05, 3.63) is 21.0 Å². The lowest BCUT2D eigenvalue weighted by Gasteiger charge is -2.26. The van der Waals surface area contributed by atoms with Crippen molar-refractivity contribution in [2.24, 2.45) is 0 Å². The van der Waals surface area contributed by atoms with Crippen molar-refractivity contribution in [1.29, 1.82) is 0 Å². The summed E-state index contributed by atoms with van der Waals surface area (Å²) in [4.78, 5) is 48.9. The third-order valence-electron chi connectivity index (χ3n) is 3.11. The van der Waals surface area contributed by atoms with Gasteiger partial charge in [-0.15, -0.1) is 4.74 Å². The molecular formula is C12H17N3O7. The van der Waals surface area contributed by atoms with Crippen molar-refractivity contribution < 1.29 is 24.0 Å². The Balaban J connectivity index is 2.25. The number of aromatic amines is 1. The summed E-state index contributed by atoms with van der Waals surface area (Å²) in [5.74, 6) is -2.16. The maximum absolute atomic E-state index is 12.1. The zero-order valence-corrected chi connectivity index (χ0v) is 12.4. The fourth-order valence-corrected chi connectivity index (χ4v) is 2.28. The first-order valence-corrected chi connectivity index (χ1v) is 6.63. The minimum Gasteiger partial charge on any atom is -0.480 e. The van der Waals surface area contributed by atoms with E-state index in [9.17, 15) is 24.3 Å². The van der Waals surface area contributed by atoms with Crippen molar-refractivity contribution in [1.82, 2.24) is 14.6 Å². The van der Waals surface area contributed by atoms with Crippen LogP contribution in [0.2, 0.25) is 0 Å². The molecule has 0 saturated carbocycles. The van der Waals surface area contributed by atoms with E-state index < -0.39 is 41.2 Å². The molecule has 122 valence electrons. The van der Waals surface area contributed by atoms with Gasteiger partial charge in [-0.2, -0.15) is 0 Å². The largest absolute Gasteiger partial charge is 0.480 e. The fraction of sp³-hybridized carbons (Fsp3) is 0.667. The van der Waals surface area contributed by atoms with Crippen LogP contribution in [0.1, 0.15) is 33.2 Å². The van der Waals surface area contributed by atoms with E-state index in [-0.39, 0.29) is 13.0 Å². The molecule has 0 radical (unpaired) electrons. The van der Waals surface area contributed by atoms with Crippen molar-refractivity contribution in [3.8, 4) is 0 Å². The second kappa shape index (κ2) is 5.35. The van der Waals surface area contributed by atoms with E-state index in [1.165, 1.54) is 0 Å². The molecule has 2 atom stereocenters. The molecule has 2 heterocycles. The van der Waals surface area contributed by atoms with Crippen LogP contribution in [0.15, 0.2) is 14.1 Å². The molecule has 0 aliphatic carbocycles. The highest BCUT2D eigenvalue weighted by Crippen LogP contribution is 2.28. The van der Waals surface area contributed by atoms with Crippen LogP contribution in [-0.2, 0) is 9.53 Å². The van der Waals surface area contributed by atoms with Gasteiger partial charge >= 0.3 is 23.5 Å². The lowest BCUT2D eigenvalue weighted by Crippen LogP contribution is -2.43. The number of hydrogen-bond donors (Lipinski definition) is 2. The molecule has 1 aliphatic heterocycles. The Morgan fingerprint density at radius 2 is 2.00 bits per heavy atom. The number of amides is 1. The lowest BCUT2D eigenvalue weighted by atomic mass is 10.2. The van der Waals surface area contributed by atoms with Gasteiger partial charge in [-0.05, 0) is 20.8 Å². The first kappa shape index (κ1) is 15.9. The minimum absolute atomic E-state index is 0.0602. The Morgan fingerprint density at radius 1 is 1.36 bits per heavy atom. The van der Waals surface area contributed by atoms with Gasteiger partial charge in [0.2, 0.25) is 0 Å². The number of ether oxygens (including phenoxy) is 1. The summed E-state index contributed by atoms with van der Waals surface area (Å²) in [5.41, 5.74) is -1.57. The molecule has 1 amide bonds. The SMILES string of the molecule is CC(C)(C)OC(=O)N1C[C@H](n2oc(=O)[nH]c2=O)C[C@H]1C(=O)O. The number of likely N-dealkylation sites (tertiary alicyclic amines) is 1. The molecule has 0 spiro atoms. The van der Waals surface area contributed by atoms with Gasteiger partial charge in [0.05, 0.1) is 6.04 Å². The third kappa shape index (κ3) is 3.21. The van der Waals surface area contributed by atoms with Gasteiger partial charge in [-0.25, -0.2) is 24.2 Å². The summed E-state index contributed by atoms with van der Waals surface area (Å²) >= 11 is 0. The zero-order valence-electron chi connectivity index (χ0n) is 12.4. The zero-order chi connectivity index (χ0) is 16.7. The molecule has 1 fully saturated rings. The Labute approximate surface area is 124 Å². The Hall–Kier alpha value is -2.52. The molecule has 1 saturated heterocycles.